The van der Waals surface area contributed by atoms with Gasteiger partial charge in [0.15, 0.2) is 5.65 Å². The second kappa shape index (κ2) is 9.58. The number of hydrogen-bond donors (Lipinski definition) is 0. The van der Waals surface area contributed by atoms with E-state index >= 15 is 0 Å². The van der Waals surface area contributed by atoms with E-state index in [9.17, 15) is 8.78 Å². The van der Waals surface area contributed by atoms with Crippen molar-refractivity contribution in [1.82, 2.24) is 24.5 Å². The van der Waals surface area contributed by atoms with Crippen LogP contribution in [-0.4, -0.2) is 50.3 Å². The van der Waals surface area contributed by atoms with Gasteiger partial charge in [-0.15, -0.1) is 0 Å². The van der Waals surface area contributed by atoms with Crippen LogP contribution in [0.2, 0.25) is 0 Å². The van der Waals surface area contributed by atoms with Gasteiger partial charge in [-0.05, 0) is 44.5 Å². The minimum Gasteiger partial charge on any atom is -0.375 e. The van der Waals surface area contributed by atoms with E-state index in [0.29, 0.717) is 42.4 Å². The van der Waals surface area contributed by atoms with Crippen LogP contribution in [0.25, 0.3) is 22.3 Å². The highest BCUT2D eigenvalue weighted by molar-refractivity contribution is 5.92. The predicted molar refractivity (Wildman–Crippen MR) is 123 cm³/mol. The van der Waals surface area contributed by atoms with E-state index < -0.39 is 11.6 Å². The van der Waals surface area contributed by atoms with Crippen molar-refractivity contribution < 1.29 is 13.5 Å². The molecule has 1 fully saturated rings. The number of halogens is 2. The van der Waals surface area contributed by atoms with E-state index in [1.165, 1.54) is 12.1 Å². The third-order valence-corrected chi connectivity index (χ3v) is 5.47. The summed E-state index contributed by atoms with van der Waals surface area (Å²) in [7, 11) is 1.94. The molecule has 5 rings (SSSR count). The Labute approximate surface area is 191 Å². The Kier molecular flexibility index (Phi) is 6.60. The Morgan fingerprint density at radius 1 is 1.09 bits per heavy atom. The van der Waals surface area contributed by atoms with Gasteiger partial charge in [0.2, 0.25) is 5.95 Å². The minimum atomic E-state index is -0.658. The minimum absolute atomic E-state index is 0.0526. The number of benzene rings is 1. The molecule has 3 aromatic heterocycles. The van der Waals surface area contributed by atoms with Gasteiger partial charge in [0.05, 0.1) is 24.7 Å². The van der Waals surface area contributed by atoms with Gasteiger partial charge in [-0.2, -0.15) is 4.98 Å². The van der Waals surface area contributed by atoms with Crippen LogP contribution in [0.5, 0.6) is 0 Å². The Balaban J connectivity index is 0.000000376. The molecule has 7 nitrogen and oxygen atoms in total. The summed E-state index contributed by atoms with van der Waals surface area (Å²) in [5, 5.41) is 0.647. The van der Waals surface area contributed by atoms with E-state index in [0.717, 1.165) is 17.3 Å². The monoisotopic (exact) mass is 452 g/mol. The van der Waals surface area contributed by atoms with E-state index in [1.54, 1.807) is 12.5 Å². The number of hydrogen-bond acceptors (Lipinski definition) is 6. The number of rotatable bonds is 2. The summed E-state index contributed by atoms with van der Waals surface area (Å²) in [5.74, 6) is -0.802. The largest absolute Gasteiger partial charge is 0.375 e. The van der Waals surface area contributed by atoms with Crippen LogP contribution in [0.4, 0.5) is 14.7 Å². The lowest BCUT2D eigenvalue weighted by molar-refractivity contribution is 0.0526. The summed E-state index contributed by atoms with van der Waals surface area (Å²) in [6, 6.07) is 5.42. The van der Waals surface area contributed by atoms with Gasteiger partial charge < -0.3 is 14.2 Å². The Morgan fingerprint density at radius 3 is 2.55 bits per heavy atom. The smallest absolute Gasteiger partial charge is 0.228 e. The molecule has 4 aromatic rings. The molecule has 0 saturated carbocycles. The van der Waals surface area contributed by atoms with Crippen LogP contribution < -0.4 is 4.90 Å². The SMILES string of the molecule is Cc1cc2c(-c3ccc(F)cc3F)nc(N3CCOC(C)C3)nc2nc1C.Cn1ccnc1. The maximum atomic E-state index is 14.5. The molecule has 1 atom stereocenters. The van der Waals surface area contributed by atoms with Gasteiger partial charge in [0.25, 0.3) is 0 Å². The zero-order valence-electron chi connectivity index (χ0n) is 19.1. The fourth-order valence-corrected chi connectivity index (χ4v) is 3.59. The van der Waals surface area contributed by atoms with Gasteiger partial charge in [0.1, 0.15) is 11.6 Å². The topological polar surface area (TPSA) is 69.0 Å². The number of pyridine rings is 1. The number of aryl methyl sites for hydroxylation is 3. The van der Waals surface area contributed by atoms with Gasteiger partial charge in [0, 0.05) is 55.2 Å². The first-order valence-electron chi connectivity index (χ1n) is 10.7. The Hall–Kier alpha value is -3.46. The van der Waals surface area contributed by atoms with E-state index in [1.807, 2.05) is 49.5 Å². The van der Waals surface area contributed by atoms with Crippen molar-refractivity contribution in [3.8, 4) is 11.3 Å². The van der Waals surface area contributed by atoms with Crippen molar-refractivity contribution in [2.75, 3.05) is 24.6 Å². The van der Waals surface area contributed by atoms with E-state index in [2.05, 4.69) is 19.9 Å². The van der Waals surface area contributed by atoms with Crippen molar-refractivity contribution >= 4 is 17.0 Å². The average Bonchev–Trinajstić information content (AvgIpc) is 3.26. The lowest BCUT2D eigenvalue weighted by Crippen LogP contribution is -2.42. The van der Waals surface area contributed by atoms with Crippen LogP contribution in [0, 0.1) is 25.5 Å². The van der Waals surface area contributed by atoms with Crippen LogP contribution in [0.3, 0.4) is 0 Å². The maximum Gasteiger partial charge on any atom is 0.228 e. The molecule has 172 valence electrons. The molecule has 0 spiro atoms. The number of anilines is 1. The van der Waals surface area contributed by atoms with Crippen molar-refractivity contribution in [3.63, 3.8) is 0 Å². The molecule has 0 bridgehead atoms. The second-order valence-corrected chi connectivity index (χ2v) is 8.11. The molecule has 9 heteroatoms. The molecular formula is C24H26F2N6O. The van der Waals surface area contributed by atoms with Gasteiger partial charge in [-0.1, -0.05) is 0 Å². The maximum absolute atomic E-state index is 14.5. The highest BCUT2D eigenvalue weighted by Crippen LogP contribution is 2.31. The van der Waals surface area contributed by atoms with Crippen molar-refractivity contribution in [2.24, 2.45) is 7.05 Å². The van der Waals surface area contributed by atoms with Crippen molar-refractivity contribution in [3.05, 3.63) is 65.9 Å². The Morgan fingerprint density at radius 2 is 1.91 bits per heavy atom. The zero-order chi connectivity index (χ0) is 23.5. The van der Waals surface area contributed by atoms with Crippen LogP contribution in [-0.2, 0) is 11.8 Å². The normalized spacial score (nSPS) is 15.9. The number of nitrogens with zero attached hydrogens (tertiary/aromatic N) is 6. The summed E-state index contributed by atoms with van der Waals surface area (Å²) < 4.78 is 35.4. The first-order chi connectivity index (χ1) is 15.8. The molecular weight excluding hydrogens is 426 g/mol. The van der Waals surface area contributed by atoms with E-state index in [-0.39, 0.29) is 11.7 Å². The van der Waals surface area contributed by atoms with Crippen LogP contribution in [0.15, 0.2) is 43.0 Å². The summed E-state index contributed by atoms with van der Waals surface area (Å²) in [5.41, 5.74) is 2.97. The highest BCUT2D eigenvalue weighted by atomic mass is 19.1. The third kappa shape index (κ3) is 5.14. The molecule has 1 aliphatic heterocycles. The zero-order valence-corrected chi connectivity index (χ0v) is 19.1. The van der Waals surface area contributed by atoms with Gasteiger partial charge in [-0.25, -0.2) is 23.7 Å². The fourth-order valence-electron chi connectivity index (χ4n) is 3.59. The lowest BCUT2D eigenvalue weighted by Gasteiger charge is -2.31. The molecule has 0 N–H and O–H groups in total. The molecule has 1 aliphatic rings. The lowest BCUT2D eigenvalue weighted by atomic mass is 10.1. The number of morpholine rings is 1. The van der Waals surface area contributed by atoms with E-state index in [4.69, 9.17) is 4.74 Å². The first-order valence-corrected chi connectivity index (χ1v) is 10.7. The molecule has 4 heterocycles. The predicted octanol–water partition coefficient (Wildman–Crippen LogP) is 4.23. The summed E-state index contributed by atoms with van der Waals surface area (Å²) in [6.45, 7) is 7.69. The molecule has 33 heavy (non-hydrogen) atoms. The summed E-state index contributed by atoms with van der Waals surface area (Å²) in [4.78, 5) is 19.6. The van der Waals surface area contributed by atoms with Gasteiger partial charge in [-0.3, -0.25) is 0 Å². The summed E-state index contributed by atoms with van der Waals surface area (Å²) >= 11 is 0. The highest BCUT2D eigenvalue weighted by Gasteiger charge is 2.22. The molecule has 0 radical (unpaired) electrons. The quantitative estimate of drug-likeness (QED) is 0.453. The second-order valence-electron chi connectivity index (χ2n) is 8.11. The molecule has 0 aliphatic carbocycles. The molecule has 0 amide bonds. The van der Waals surface area contributed by atoms with Crippen LogP contribution >= 0.6 is 0 Å². The number of ether oxygens (including phenoxy) is 1. The molecule has 1 saturated heterocycles. The Bertz CT molecular complexity index is 1260. The number of imidazole rings is 1. The standard InChI is InChI=1S/C20H20F2N4O.C4H6N2/c1-11-8-16-18(15-5-4-14(21)9-17(15)22)24-20(25-19(16)23-13(11)3)26-6-7-27-12(2)10-26;1-6-3-2-5-4-6/h4-5,8-9,12H,6-7,10H2,1-3H3;2-4H,1H3. The van der Waals surface area contributed by atoms with Crippen molar-refractivity contribution in [2.45, 2.75) is 26.9 Å². The first kappa shape index (κ1) is 22.7. The number of fused-ring (bicyclic) bond motifs is 1. The van der Waals surface area contributed by atoms with Crippen LogP contribution in [0.1, 0.15) is 18.2 Å². The molecule has 1 aromatic carbocycles. The average molecular weight is 453 g/mol. The molecule has 1 unspecified atom stereocenters. The van der Waals surface area contributed by atoms with Gasteiger partial charge >= 0.3 is 0 Å². The van der Waals surface area contributed by atoms with Crippen molar-refractivity contribution in [1.29, 1.82) is 0 Å². The summed E-state index contributed by atoms with van der Waals surface area (Å²) in [6.07, 6.45) is 5.44. The fraction of sp³-hybridized carbons (Fsp3) is 0.333. The third-order valence-electron chi connectivity index (χ3n) is 5.47. The number of aromatic nitrogens is 5.